The van der Waals surface area contributed by atoms with Crippen LogP contribution in [0.3, 0.4) is 0 Å². The maximum absolute atomic E-state index is 12.7. The number of aryl methyl sites for hydroxylation is 1. The minimum Gasteiger partial charge on any atom is -0.394 e. The molecule has 1 aromatic rings. The van der Waals surface area contributed by atoms with Gasteiger partial charge in [0, 0.05) is 23.5 Å². The largest absolute Gasteiger partial charge is 0.394 e. The first-order valence-corrected chi connectivity index (χ1v) is 7.98. The number of aliphatic hydroxyl groups excluding tert-OH is 1. The molecule has 2 unspecified atom stereocenters. The molecule has 20 heavy (non-hydrogen) atoms. The standard InChI is InChI=1S/C15H21NO3S/c1-10-4-5-13(20-3)6-14(10)15(18)16-7-11(2)19-12(8-16)9-17/h4-6,11-12,17H,7-9H2,1-3H3. The average Bonchev–Trinajstić information content (AvgIpc) is 2.46. The molecule has 1 aliphatic heterocycles. The van der Waals surface area contributed by atoms with E-state index in [0.29, 0.717) is 13.1 Å². The number of nitrogens with zero attached hydrogens (tertiary/aromatic N) is 1. The summed E-state index contributed by atoms with van der Waals surface area (Å²) in [4.78, 5) is 15.5. The van der Waals surface area contributed by atoms with E-state index in [0.717, 1.165) is 16.0 Å². The van der Waals surface area contributed by atoms with Gasteiger partial charge < -0.3 is 14.7 Å². The zero-order valence-electron chi connectivity index (χ0n) is 12.1. The lowest BCUT2D eigenvalue weighted by molar-refractivity contribution is -0.0858. The van der Waals surface area contributed by atoms with Crippen molar-refractivity contribution in [2.75, 3.05) is 26.0 Å². The van der Waals surface area contributed by atoms with Crippen LogP contribution in [0.15, 0.2) is 23.1 Å². The van der Waals surface area contributed by atoms with Crippen molar-refractivity contribution in [3.63, 3.8) is 0 Å². The summed E-state index contributed by atoms with van der Waals surface area (Å²) < 4.78 is 5.58. The van der Waals surface area contributed by atoms with Crippen LogP contribution < -0.4 is 0 Å². The lowest BCUT2D eigenvalue weighted by Crippen LogP contribution is -2.50. The smallest absolute Gasteiger partial charge is 0.254 e. The Hall–Kier alpha value is -1.04. The number of benzene rings is 1. The molecule has 4 nitrogen and oxygen atoms in total. The summed E-state index contributed by atoms with van der Waals surface area (Å²) in [7, 11) is 0. The zero-order chi connectivity index (χ0) is 14.7. The number of morpholine rings is 1. The van der Waals surface area contributed by atoms with E-state index >= 15 is 0 Å². The number of hydrogen-bond acceptors (Lipinski definition) is 4. The molecule has 5 heteroatoms. The Balaban J connectivity index is 2.22. The Kier molecular flexibility index (Phi) is 5.07. The van der Waals surface area contributed by atoms with Crippen LogP contribution in [0.25, 0.3) is 0 Å². The van der Waals surface area contributed by atoms with E-state index in [1.165, 1.54) is 0 Å². The van der Waals surface area contributed by atoms with Crippen LogP contribution in [0.1, 0.15) is 22.8 Å². The Labute approximate surface area is 124 Å². The average molecular weight is 295 g/mol. The topological polar surface area (TPSA) is 49.8 Å². The van der Waals surface area contributed by atoms with Crippen LogP contribution in [0.5, 0.6) is 0 Å². The van der Waals surface area contributed by atoms with Gasteiger partial charge >= 0.3 is 0 Å². The molecule has 0 spiro atoms. The normalized spacial score (nSPS) is 22.9. The van der Waals surface area contributed by atoms with Gasteiger partial charge in [-0.25, -0.2) is 0 Å². The molecule has 1 aliphatic rings. The summed E-state index contributed by atoms with van der Waals surface area (Å²) in [5.74, 6) is 0.0204. The predicted molar refractivity (Wildman–Crippen MR) is 80.3 cm³/mol. The highest BCUT2D eigenvalue weighted by Gasteiger charge is 2.29. The van der Waals surface area contributed by atoms with Gasteiger partial charge in [0.05, 0.1) is 18.8 Å². The first-order chi connectivity index (χ1) is 9.55. The molecule has 1 saturated heterocycles. The van der Waals surface area contributed by atoms with E-state index in [1.54, 1.807) is 16.7 Å². The summed E-state index contributed by atoms with van der Waals surface area (Å²) in [5.41, 5.74) is 1.72. The molecule has 1 amide bonds. The minimum absolute atomic E-state index is 0.0204. The highest BCUT2D eigenvalue weighted by molar-refractivity contribution is 7.98. The van der Waals surface area contributed by atoms with E-state index in [-0.39, 0.29) is 24.7 Å². The molecular formula is C15H21NO3S. The van der Waals surface area contributed by atoms with E-state index in [9.17, 15) is 9.90 Å². The maximum Gasteiger partial charge on any atom is 0.254 e. The number of rotatable bonds is 3. The van der Waals surface area contributed by atoms with Gasteiger partial charge in [-0.1, -0.05) is 6.07 Å². The molecule has 1 heterocycles. The number of hydrogen-bond donors (Lipinski definition) is 1. The van der Waals surface area contributed by atoms with Gasteiger partial charge in [0.15, 0.2) is 0 Å². The number of ether oxygens (including phenoxy) is 1. The second-order valence-corrected chi connectivity index (χ2v) is 6.02. The third-order valence-corrected chi connectivity index (χ3v) is 4.22. The molecule has 0 aromatic heterocycles. The van der Waals surface area contributed by atoms with Gasteiger partial charge in [-0.05, 0) is 37.8 Å². The molecule has 0 saturated carbocycles. The fourth-order valence-electron chi connectivity index (χ4n) is 2.44. The number of carbonyl (C=O) groups is 1. The summed E-state index contributed by atoms with van der Waals surface area (Å²) in [6.45, 7) is 4.83. The highest BCUT2D eigenvalue weighted by Crippen LogP contribution is 2.22. The van der Waals surface area contributed by atoms with E-state index in [1.807, 2.05) is 38.3 Å². The first-order valence-electron chi connectivity index (χ1n) is 6.75. The van der Waals surface area contributed by atoms with Crippen LogP contribution in [-0.2, 0) is 4.74 Å². The Morgan fingerprint density at radius 3 is 2.90 bits per heavy atom. The molecule has 0 aliphatic carbocycles. The molecular weight excluding hydrogens is 274 g/mol. The predicted octanol–water partition coefficient (Wildman–Crippen LogP) is 1.94. The van der Waals surface area contributed by atoms with E-state index in [4.69, 9.17) is 4.74 Å². The molecule has 0 radical (unpaired) electrons. The summed E-state index contributed by atoms with van der Waals surface area (Å²) in [5, 5.41) is 9.25. The maximum atomic E-state index is 12.7. The lowest BCUT2D eigenvalue weighted by atomic mass is 10.1. The van der Waals surface area contributed by atoms with Crippen LogP contribution in [0.4, 0.5) is 0 Å². The summed E-state index contributed by atoms with van der Waals surface area (Å²) in [6.07, 6.45) is 1.66. The van der Waals surface area contributed by atoms with Gasteiger partial charge in [-0.3, -0.25) is 4.79 Å². The van der Waals surface area contributed by atoms with Gasteiger partial charge in [0.2, 0.25) is 0 Å². The number of amides is 1. The van der Waals surface area contributed by atoms with Crippen molar-refractivity contribution in [3.8, 4) is 0 Å². The third kappa shape index (κ3) is 3.34. The van der Waals surface area contributed by atoms with Gasteiger partial charge in [-0.2, -0.15) is 0 Å². The number of aliphatic hydroxyl groups is 1. The Bertz CT molecular complexity index is 492. The molecule has 1 N–H and O–H groups in total. The second-order valence-electron chi connectivity index (χ2n) is 5.14. The number of thioether (sulfide) groups is 1. The monoisotopic (exact) mass is 295 g/mol. The molecule has 2 rings (SSSR count). The van der Waals surface area contributed by atoms with Gasteiger partial charge in [0.25, 0.3) is 5.91 Å². The fourth-order valence-corrected chi connectivity index (χ4v) is 2.88. The van der Waals surface area contributed by atoms with E-state index < -0.39 is 0 Å². The van der Waals surface area contributed by atoms with Crippen molar-refractivity contribution >= 4 is 17.7 Å². The highest BCUT2D eigenvalue weighted by atomic mass is 32.2. The van der Waals surface area contributed by atoms with Crippen LogP contribution in [-0.4, -0.2) is 54.1 Å². The van der Waals surface area contributed by atoms with Crippen LogP contribution in [0, 0.1) is 6.92 Å². The Morgan fingerprint density at radius 2 is 2.25 bits per heavy atom. The number of carbonyl (C=O) groups excluding carboxylic acids is 1. The summed E-state index contributed by atoms with van der Waals surface area (Å²) >= 11 is 1.63. The van der Waals surface area contributed by atoms with Crippen LogP contribution >= 0.6 is 11.8 Å². The quantitative estimate of drug-likeness (QED) is 0.866. The third-order valence-electron chi connectivity index (χ3n) is 3.49. The molecule has 1 aromatic carbocycles. The summed E-state index contributed by atoms with van der Waals surface area (Å²) in [6, 6.07) is 5.94. The van der Waals surface area contributed by atoms with Gasteiger partial charge in [-0.15, -0.1) is 11.8 Å². The van der Waals surface area contributed by atoms with E-state index in [2.05, 4.69) is 0 Å². The molecule has 110 valence electrons. The van der Waals surface area contributed by atoms with Crippen molar-refractivity contribution < 1.29 is 14.6 Å². The zero-order valence-corrected chi connectivity index (χ0v) is 12.9. The van der Waals surface area contributed by atoms with Crippen molar-refractivity contribution in [2.45, 2.75) is 31.0 Å². The molecule has 1 fully saturated rings. The Morgan fingerprint density at radius 1 is 1.50 bits per heavy atom. The van der Waals surface area contributed by atoms with Crippen molar-refractivity contribution in [1.82, 2.24) is 4.90 Å². The van der Waals surface area contributed by atoms with Crippen molar-refractivity contribution in [3.05, 3.63) is 29.3 Å². The fraction of sp³-hybridized carbons (Fsp3) is 0.533. The molecule has 0 bridgehead atoms. The SMILES string of the molecule is CSc1ccc(C)c(C(=O)N2CC(C)OC(CO)C2)c1. The van der Waals surface area contributed by atoms with Crippen molar-refractivity contribution in [2.24, 2.45) is 0 Å². The van der Waals surface area contributed by atoms with Crippen LogP contribution in [0.2, 0.25) is 0 Å². The van der Waals surface area contributed by atoms with Gasteiger partial charge in [0.1, 0.15) is 0 Å². The molecule has 2 atom stereocenters. The van der Waals surface area contributed by atoms with Crippen molar-refractivity contribution in [1.29, 1.82) is 0 Å². The lowest BCUT2D eigenvalue weighted by Gasteiger charge is -2.36. The second kappa shape index (κ2) is 6.61. The minimum atomic E-state index is -0.285. The first kappa shape index (κ1) is 15.4.